The van der Waals surface area contributed by atoms with E-state index in [1.54, 1.807) is 6.07 Å². The predicted octanol–water partition coefficient (Wildman–Crippen LogP) is 2.03. The number of hydrogen-bond acceptors (Lipinski definition) is 3. The Morgan fingerprint density at radius 1 is 1.35 bits per heavy atom. The van der Waals surface area contributed by atoms with Crippen LogP contribution in [0.3, 0.4) is 0 Å². The van der Waals surface area contributed by atoms with Crippen LogP contribution >= 0.6 is 0 Å². The average molecular weight is 285 g/mol. The second kappa shape index (κ2) is 6.76. The third kappa shape index (κ3) is 3.98. The zero-order chi connectivity index (χ0) is 14.5. The van der Waals surface area contributed by atoms with Crippen molar-refractivity contribution in [3.05, 3.63) is 35.4 Å². The van der Waals surface area contributed by atoms with Gasteiger partial charge in [0.15, 0.2) is 11.6 Å². The molecule has 1 heterocycles. The highest BCUT2D eigenvalue weighted by Crippen LogP contribution is 2.18. The van der Waals surface area contributed by atoms with E-state index in [-0.39, 0.29) is 12.7 Å². The lowest BCUT2D eigenvalue weighted by Gasteiger charge is -2.31. The number of carboxylic acid groups (broad SMARTS) is 1. The highest BCUT2D eigenvalue weighted by molar-refractivity contribution is 5.68. The van der Waals surface area contributed by atoms with E-state index in [0.717, 1.165) is 6.07 Å². The van der Waals surface area contributed by atoms with Crippen LogP contribution in [0.15, 0.2) is 18.2 Å². The minimum absolute atomic E-state index is 0.0697. The maximum absolute atomic E-state index is 13.6. The summed E-state index contributed by atoms with van der Waals surface area (Å²) in [6.45, 7) is 1.43. The summed E-state index contributed by atoms with van der Waals surface area (Å²) in [7, 11) is 0. The Labute approximate surface area is 116 Å². The SMILES string of the molecule is O=C(O)COC1CCN(Cc2cccc(F)c2F)CC1. The molecule has 0 radical (unpaired) electrons. The molecule has 4 nitrogen and oxygen atoms in total. The van der Waals surface area contributed by atoms with Gasteiger partial charge in [-0.2, -0.15) is 0 Å². The molecule has 1 N–H and O–H groups in total. The number of nitrogens with zero attached hydrogens (tertiary/aromatic N) is 1. The Hall–Kier alpha value is -1.53. The fraction of sp³-hybridized carbons (Fsp3) is 0.500. The standard InChI is InChI=1S/C14H17F2NO3/c15-12-3-1-2-10(14(12)16)8-17-6-4-11(5-7-17)20-9-13(18)19/h1-3,11H,4-9H2,(H,18,19). The van der Waals surface area contributed by atoms with Crippen LogP contribution in [0.1, 0.15) is 18.4 Å². The number of carboxylic acids is 1. The van der Waals surface area contributed by atoms with Gasteiger partial charge in [0.2, 0.25) is 0 Å². The van der Waals surface area contributed by atoms with Crippen LogP contribution < -0.4 is 0 Å². The topological polar surface area (TPSA) is 49.8 Å². The van der Waals surface area contributed by atoms with Gasteiger partial charge in [-0.25, -0.2) is 13.6 Å². The zero-order valence-electron chi connectivity index (χ0n) is 11.0. The lowest BCUT2D eigenvalue weighted by atomic mass is 10.1. The number of halogens is 2. The lowest BCUT2D eigenvalue weighted by molar-refractivity contribution is -0.145. The van der Waals surface area contributed by atoms with E-state index < -0.39 is 17.6 Å². The molecule has 20 heavy (non-hydrogen) atoms. The van der Waals surface area contributed by atoms with E-state index in [1.165, 1.54) is 6.07 Å². The van der Waals surface area contributed by atoms with Crippen molar-refractivity contribution < 1.29 is 23.4 Å². The third-order valence-corrected chi connectivity index (χ3v) is 3.40. The highest BCUT2D eigenvalue weighted by atomic mass is 19.2. The first-order chi connectivity index (χ1) is 9.56. The Morgan fingerprint density at radius 3 is 2.70 bits per heavy atom. The molecule has 110 valence electrons. The zero-order valence-corrected chi connectivity index (χ0v) is 11.0. The first-order valence-electron chi connectivity index (χ1n) is 6.55. The Morgan fingerprint density at radius 2 is 2.05 bits per heavy atom. The molecule has 1 aromatic rings. The number of carbonyl (C=O) groups is 1. The predicted molar refractivity (Wildman–Crippen MR) is 68.2 cm³/mol. The number of piperidine rings is 1. The Bertz CT molecular complexity index is 473. The lowest BCUT2D eigenvalue weighted by Crippen LogP contribution is -2.37. The van der Waals surface area contributed by atoms with Crippen molar-refractivity contribution in [2.24, 2.45) is 0 Å². The smallest absolute Gasteiger partial charge is 0.329 e. The maximum Gasteiger partial charge on any atom is 0.329 e. The molecule has 0 amide bonds. The fourth-order valence-electron chi connectivity index (χ4n) is 2.33. The molecule has 1 aliphatic rings. The molecule has 1 saturated heterocycles. The quantitative estimate of drug-likeness (QED) is 0.899. The van der Waals surface area contributed by atoms with Gasteiger partial charge in [-0.05, 0) is 18.9 Å². The van der Waals surface area contributed by atoms with Gasteiger partial charge in [-0.15, -0.1) is 0 Å². The van der Waals surface area contributed by atoms with Crippen molar-refractivity contribution in [1.29, 1.82) is 0 Å². The van der Waals surface area contributed by atoms with E-state index in [9.17, 15) is 13.6 Å². The summed E-state index contributed by atoms with van der Waals surface area (Å²) in [6.07, 6.45) is 1.33. The fourth-order valence-corrected chi connectivity index (χ4v) is 2.33. The molecule has 0 saturated carbocycles. The van der Waals surface area contributed by atoms with Crippen LogP contribution in [0.5, 0.6) is 0 Å². The molecule has 0 aliphatic carbocycles. The number of aliphatic carboxylic acids is 1. The summed E-state index contributed by atoms with van der Waals surface area (Å²) in [6, 6.07) is 4.17. The van der Waals surface area contributed by atoms with E-state index >= 15 is 0 Å². The number of benzene rings is 1. The Kier molecular flexibility index (Phi) is 5.03. The van der Waals surface area contributed by atoms with E-state index in [0.29, 0.717) is 38.0 Å². The molecule has 1 aliphatic heterocycles. The molecule has 1 fully saturated rings. The molecule has 1 aromatic carbocycles. The van der Waals surface area contributed by atoms with Gasteiger partial charge in [0.25, 0.3) is 0 Å². The van der Waals surface area contributed by atoms with Gasteiger partial charge in [-0.3, -0.25) is 4.90 Å². The van der Waals surface area contributed by atoms with Crippen molar-refractivity contribution in [3.63, 3.8) is 0 Å². The van der Waals surface area contributed by atoms with Crippen LogP contribution in [0.4, 0.5) is 8.78 Å². The summed E-state index contributed by atoms with van der Waals surface area (Å²) in [5.74, 6) is -2.60. The van der Waals surface area contributed by atoms with Gasteiger partial charge < -0.3 is 9.84 Å². The van der Waals surface area contributed by atoms with Gasteiger partial charge in [0.1, 0.15) is 6.61 Å². The largest absolute Gasteiger partial charge is 0.480 e. The van der Waals surface area contributed by atoms with Crippen molar-refractivity contribution in [1.82, 2.24) is 4.90 Å². The first kappa shape index (κ1) is 14.9. The van der Waals surface area contributed by atoms with E-state index in [2.05, 4.69) is 0 Å². The van der Waals surface area contributed by atoms with Gasteiger partial charge in [0.05, 0.1) is 6.10 Å². The maximum atomic E-state index is 13.6. The number of ether oxygens (including phenoxy) is 1. The van der Waals surface area contributed by atoms with Crippen LogP contribution in [-0.2, 0) is 16.1 Å². The third-order valence-electron chi connectivity index (χ3n) is 3.40. The number of rotatable bonds is 5. The van der Waals surface area contributed by atoms with Gasteiger partial charge >= 0.3 is 5.97 Å². The summed E-state index contributed by atoms with van der Waals surface area (Å²) in [4.78, 5) is 12.4. The normalized spacial score (nSPS) is 17.3. The molecular formula is C14H17F2NO3. The number of likely N-dealkylation sites (tertiary alicyclic amines) is 1. The van der Waals surface area contributed by atoms with Crippen LogP contribution in [0, 0.1) is 11.6 Å². The van der Waals surface area contributed by atoms with Crippen molar-refractivity contribution in [3.8, 4) is 0 Å². The van der Waals surface area contributed by atoms with Crippen molar-refractivity contribution >= 4 is 5.97 Å². The van der Waals surface area contributed by atoms with Crippen molar-refractivity contribution in [2.75, 3.05) is 19.7 Å². The first-order valence-corrected chi connectivity index (χ1v) is 6.55. The summed E-state index contributed by atoms with van der Waals surface area (Å²) in [5, 5.41) is 8.53. The van der Waals surface area contributed by atoms with E-state index in [4.69, 9.17) is 9.84 Å². The minimum Gasteiger partial charge on any atom is -0.480 e. The average Bonchev–Trinajstić information content (AvgIpc) is 2.43. The minimum atomic E-state index is -0.978. The molecule has 0 unspecified atom stereocenters. The molecule has 6 heteroatoms. The highest BCUT2D eigenvalue weighted by Gasteiger charge is 2.21. The van der Waals surface area contributed by atoms with Crippen LogP contribution in [-0.4, -0.2) is 41.8 Å². The van der Waals surface area contributed by atoms with Gasteiger partial charge in [-0.1, -0.05) is 12.1 Å². The van der Waals surface area contributed by atoms with Crippen LogP contribution in [0.25, 0.3) is 0 Å². The molecule has 0 bridgehead atoms. The molecule has 0 atom stereocenters. The van der Waals surface area contributed by atoms with Crippen molar-refractivity contribution in [2.45, 2.75) is 25.5 Å². The van der Waals surface area contributed by atoms with Crippen LogP contribution in [0.2, 0.25) is 0 Å². The monoisotopic (exact) mass is 285 g/mol. The van der Waals surface area contributed by atoms with Gasteiger partial charge in [0, 0.05) is 25.2 Å². The second-order valence-electron chi connectivity index (χ2n) is 4.89. The Balaban J connectivity index is 1.82. The number of hydrogen-bond donors (Lipinski definition) is 1. The molecule has 0 aromatic heterocycles. The summed E-state index contributed by atoms with van der Waals surface area (Å²) in [5.41, 5.74) is 0.343. The molecular weight excluding hydrogens is 268 g/mol. The second-order valence-corrected chi connectivity index (χ2v) is 4.89. The molecule has 0 spiro atoms. The van der Waals surface area contributed by atoms with E-state index in [1.807, 2.05) is 4.90 Å². The summed E-state index contributed by atoms with van der Waals surface area (Å²) < 4.78 is 31.9. The summed E-state index contributed by atoms with van der Waals surface area (Å²) >= 11 is 0. The molecule has 2 rings (SSSR count).